The zero-order chi connectivity index (χ0) is 16.5. The lowest BCUT2D eigenvalue weighted by molar-refractivity contribution is 0.375. The Bertz CT molecular complexity index is 825. The van der Waals surface area contributed by atoms with Crippen LogP contribution >= 0.6 is 11.8 Å². The molecule has 1 atom stereocenters. The van der Waals surface area contributed by atoms with Gasteiger partial charge in [-0.3, -0.25) is 4.57 Å². The summed E-state index contributed by atoms with van der Waals surface area (Å²) in [6, 6.07) is 10.3. The monoisotopic (exact) mass is 341 g/mol. The van der Waals surface area contributed by atoms with Gasteiger partial charge in [-0.15, -0.1) is 10.2 Å². The topological polar surface area (TPSA) is 69.6 Å². The van der Waals surface area contributed by atoms with Gasteiger partial charge in [0.15, 0.2) is 11.0 Å². The predicted molar refractivity (Wildman–Crippen MR) is 91.3 cm³/mol. The van der Waals surface area contributed by atoms with E-state index in [-0.39, 0.29) is 5.25 Å². The fourth-order valence-corrected chi connectivity index (χ4v) is 3.47. The second-order valence-electron chi connectivity index (χ2n) is 5.95. The van der Waals surface area contributed by atoms with Crippen LogP contribution in [0.3, 0.4) is 0 Å². The number of para-hydroxylation sites is 1. The smallest absolute Gasteiger partial charge is 0.239 e. The molecule has 2 aromatic heterocycles. The van der Waals surface area contributed by atoms with Crippen molar-refractivity contribution in [1.29, 1.82) is 0 Å². The Labute approximate surface area is 144 Å². The largest absolute Gasteiger partial charge is 0.338 e. The Kier molecular flexibility index (Phi) is 4.10. The van der Waals surface area contributed by atoms with E-state index in [0.29, 0.717) is 11.8 Å². The molecule has 24 heavy (non-hydrogen) atoms. The van der Waals surface area contributed by atoms with Gasteiger partial charge in [-0.1, -0.05) is 42.0 Å². The Morgan fingerprint density at radius 2 is 2.04 bits per heavy atom. The average molecular weight is 341 g/mol. The molecule has 1 unspecified atom stereocenters. The van der Waals surface area contributed by atoms with E-state index < -0.39 is 0 Å². The number of hydrogen-bond donors (Lipinski definition) is 0. The van der Waals surface area contributed by atoms with Gasteiger partial charge in [-0.05, 0) is 31.9 Å². The Hall–Kier alpha value is -2.15. The van der Waals surface area contributed by atoms with E-state index in [2.05, 4.69) is 44.0 Å². The highest BCUT2D eigenvalue weighted by Crippen LogP contribution is 2.42. The van der Waals surface area contributed by atoms with Crippen LogP contribution in [0.4, 0.5) is 0 Å². The number of aromatic nitrogens is 5. The number of rotatable bonds is 6. The lowest BCUT2D eigenvalue weighted by Crippen LogP contribution is -2.02. The molecule has 0 radical (unpaired) electrons. The SMILES string of the molecule is CCc1noc(C(C)Sc2nnc(C3CC3)n2-c2ccccc2)n1. The normalized spacial score (nSPS) is 15.6. The molecule has 1 aliphatic carbocycles. The summed E-state index contributed by atoms with van der Waals surface area (Å²) in [7, 11) is 0. The van der Waals surface area contributed by atoms with Gasteiger partial charge < -0.3 is 4.52 Å². The third-order valence-electron chi connectivity index (χ3n) is 4.05. The highest BCUT2D eigenvalue weighted by molar-refractivity contribution is 7.99. The van der Waals surface area contributed by atoms with E-state index in [1.165, 1.54) is 12.8 Å². The second kappa shape index (κ2) is 6.39. The molecule has 0 bridgehead atoms. The number of hydrogen-bond acceptors (Lipinski definition) is 6. The van der Waals surface area contributed by atoms with E-state index in [1.807, 2.05) is 25.1 Å². The number of benzene rings is 1. The minimum Gasteiger partial charge on any atom is -0.338 e. The molecule has 124 valence electrons. The van der Waals surface area contributed by atoms with Crippen LogP contribution in [0.15, 0.2) is 40.0 Å². The van der Waals surface area contributed by atoms with Crippen molar-refractivity contribution >= 4 is 11.8 Å². The molecule has 1 saturated carbocycles. The number of thioether (sulfide) groups is 1. The molecule has 0 N–H and O–H groups in total. The fourth-order valence-electron chi connectivity index (χ4n) is 2.57. The van der Waals surface area contributed by atoms with Gasteiger partial charge in [0, 0.05) is 18.0 Å². The molecule has 1 aliphatic rings. The van der Waals surface area contributed by atoms with Crippen molar-refractivity contribution in [3.05, 3.63) is 47.9 Å². The third-order valence-corrected chi connectivity index (χ3v) is 5.08. The predicted octanol–water partition coefficient (Wildman–Crippen LogP) is 3.94. The van der Waals surface area contributed by atoms with Gasteiger partial charge in [-0.25, -0.2) is 0 Å². The molecule has 4 rings (SSSR count). The van der Waals surface area contributed by atoms with Crippen molar-refractivity contribution in [1.82, 2.24) is 24.9 Å². The van der Waals surface area contributed by atoms with Crippen molar-refractivity contribution in [2.75, 3.05) is 0 Å². The molecule has 7 heteroatoms. The van der Waals surface area contributed by atoms with Crippen LogP contribution in [0.2, 0.25) is 0 Å². The highest BCUT2D eigenvalue weighted by Gasteiger charge is 2.31. The number of nitrogens with zero attached hydrogens (tertiary/aromatic N) is 5. The summed E-state index contributed by atoms with van der Waals surface area (Å²) < 4.78 is 7.52. The van der Waals surface area contributed by atoms with Crippen molar-refractivity contribution in [2.24, 2.45) is 0 Å². The summed E-state index contributed by atoms with van der Waals surface area (Å²) in [5, 5.41) is 13.8. The van der Waals surface area contributed by atoms with Crippen LogP contribution in [0.1, 0.15) is 55.4 Å². The van der Waals surface area contributed by atoms with Gasteiger partial charge >= 0.3 is 0 Å². The lowest BCUT2D eigenvalue weighted by atomic mass is 10.3. The fraction of sp³-hybridized carbons (Fsp3) is 0.412. The summed E-state index contributed by atoms with van der Waals surface area (Å²) in [4.78, 5) is 4.43. The van der Waals surface area contributed by atoms with E-state index >= 15 is 0 Å². The van der Waals surface area contributed by atoms with Gasteiger partial charge in [0.05, 0.1) is 5.25 Å². The first kappa shape index (κ1) is 15.4. The van der Waals surface area contributed by atoms with Crippen molar-refractivity contribution in [2.45, 2.75) is 49.4 Å². The van der Waals surface area contributed by atoms with Gasteiger partial charge in [0.25, 0.3) is 0 Å². The second-order valence-corrected chi connectivity index (χ2v) is 7.26. The van der Waals surface area contributed by atoms with E-state index in [0.717, 1.165) is 28.9 Å². The van der Waals surface area contributed by atoms with Gasteiger partial charge in [0.1, 0.15) is 5.82 Å². The van der Waals surface area contributed by atoms with E-state index in [1.54, 1.807) is 11.8 Å². The molecular formula is C17H19N5OS. The molecule has 1 aromatic carbocycles. The van der Waals surface area contributed by atoms with Crippen LogP contribution in [0.5, 0.6) is 0 Å². The molecule has 0 saturated heterocycles. The number of aryl methyl sites for hydroxylation is 1. The maximum absolute atomic E-state index is 5.36. The minimum absolute atomic E-state index is 0.0246. The Morgan fingerprint density at radius 1 is 1.25 bits per heavy atom. The third kappa shape index (κ3) is 2.96. The quantitative estimate of drug-likeness (QED) is 0.632. The van der Waals surface area contributed by atoms with Crippen molar-refractivity contribution in [3.8, 4) is 5.69 Å². The minimum atomic E-state index is 0.0246. The molecule has 1 fully saturated rings. The summed E-state index contributed by atoms with van der Waals surface area (Å²) in [5.41, 5.74) is 1.10. The first-order chi connectivity index (χ1) is 11.8. The van der Waals surface area contributed by atoms with Crippen LogP contribution in [-0.4, -0.2) is 24.9 Å². The lowest BCUT2D eigenvalue weighted by Gasteiger charge is -2.11. The highest BCUT2D eigenvalue weighted by atomic mass is 32.2. The Morgan fingerprint density at radius 3 is 2.71 bits per heavy atom. The maximum Gasteiger partial charge on any atom is 0.239 e. The first-order valence-electron chi connectivity index (χ1n) is 8.26. The van der Waals surface area contributed by atoms with E-state index in [9.17, 15) is 0 Å². The van der Waals surface area contributed by atoms with Crippen LogP contribution in [0, 0.1) is 0 Å². The van der Waals surface area contributed by atoms with Crippen molar-refractivity contribution < 1.29 is 4.52 Å². The van der Waals surface area contributed by atoms with E-state index in [4.69, 9.17) is 4.52 Å². The molecule has 3 aromatic rings. The molecule has 0 aliphatic heterocycles. The molecular weight excluding hydrogens is 322 g/mol. The summed E-state index contributed by atoms with van der Waals surface area (Å²) in [6.07, 6.45) is 3.15. The Balaban J connectivity index is 1.65. The summed E-state index contributed by atoms with van der Waals surface area (Å²) >= 11 is 1.60. The maximum atomic E-state index is 5.36. The zero-order valence-electron chi connectivity index (χ0n) is 13.7. The molecule has 6 nitrogen and oxygen atoms in total. The molecule has 0 amide bonds. The zero-order valence-corrected chi connectivity index (χ0v) is 14.5. The van der Waals surface area contributed by atoms with Gasteiger partial charge in [-0.2, -0.15) is 4.98 Å². The van der Waals surface area contributed by atoms with Crippen LogP contribution in [0.25, 0.3) is 5.69 Å². The summed E-state index contributed by atoms with van der Waals surface area (Å²) in [5.74, 6) is 2.95. The molecule has 2 heterocycles. The molecule has 0 spiro atoms. The summed E-state index contributed by atoms with van der Waals surface area (Å²) in [6.45, 7) is 4.07. The average Bonchev–Trinajstić information content (AvgIpc) is 3.19. The van der Waals surface area contributed by atoms with Crippen LogP contribution in [-0.2, 0) is 6.42 Å². The van der Waals surface area contributed by atoms with Gasteiger partial charge in [0.2, 0.25) is 5.89 Å². The van der Waals surface area contributed by atoms with Crippen LogP contribution < -0.4 is 0 Å². The van der Waals surface area contributed by atoms with Crippen molar-refractivity contribution in [3.63, 3.8) is 0 Å². The standard InChI is InChI=1S/C17H19N5OS/c1-3-14-18-16(23-21-14)11(2)24-17-20-19-15(12-9-10-12)22(17)13-7-5-4-6-8-13/h4-8,11-12H,3,9-10H2,1-2H3. The first-order valence-corrected chi connectivity index (χ1v) is 9.14.